The Bertz CT molecular complexity index is 982. The molecule has 2 fully saturated rings. The quantitative estimate of drug-likeness (QED) is 0.679. The monoisotopic (exact) mass is 448 g/mol. The molecular weight excluding hydrogens is 416 g/mol. The van der Waals surface area contributed by atoms with Crippen molar-refractivity contribution in [2.24, 2.45) is 0 Å². The van der Waals surface area contributed by atoms with Crippen LogP contribution < -0.4 is 0 Å². The summed E-state index contributed by atoms with van der Waals surface area (Å²) in [5, 5.41) is 0. The van der Waals surface area contributed by atoms with Gasteiger partial charge in [0.15, 0.2) is 0 Å². The van der Waals surface area contributed by atoms with E-state index in [9.17, 15) is 9.59 Å². The minimum Gasteiger partial charge on any atom is -0.381 e. The predicted molar refractivity (Wildman–Crippen MR) is 125 cm³/mol. The average molecular weight is 449 g/mol. The smallest absolute Gasteiger partial charge is 0.254 e. The van der Waals surface area contributed by atoms with E-state index in [2.05, 4.69) is 22.0 Å². The number of nitrogens with zero attached hydrogens (tertiary/aromatic N) is 4. The second-order valence-electron chi connectivity index (χ2n) is 9.39. The lowest BCUT2D eigenvalue weighted by Crippen LogP contribution is -2.56. The van der Waals surface area contributed by atoms with Crippen molar-refractivity contribution in [3.63, 3.8) is 0 Å². The standard InChI is InChI=1S/C26H32N4O3/c31-24(29-15-13-28(14-16-29)12-7-21-5-10-27-11-6-21)19-26(8-17-33-18-9-26)30-20-22-3-1-2-4-23(22)25(30)32/h1-6,10-11H,7-9,12-20H2. The van der Waals surface area contributed by atoms with Gasteiger partial charge in [0.05, 0.1) is 12.0 Å². The van der Waals surface area contributed by atoms with Crippen LogP contribution in [-0.4, -0.2) is 83.0 Å². The maximum absolute atomic E-state index is 13.4. The number of ether oxygens (including phenoxy) is 1. The Morgan fingerprint density at radius 1 is 1.00 bits per heavy atom. The molecule has 7 heteroatoms. The maximum Gasteiger partial charge on any atom is 0.254 e. The first-order chi connectivity index (χ1) is 16.1. The molecule has 0 N–H and O–H groups in total. The van der Waals surface area contributed by atoms with E-state index in [4.69, 9.17) is 4.74 Å². The normalized spacial score (nSPS) is 20.7. The van der Waals surface area contributed by atoms with E-state index in [-0.39, 0.29) is 11.8 Å². The van der Waals surface area contributed by atoms with Crippen LogP contribution in [0, 0.1) is 0 Å². The van der Waals surface area contributed by atoms with Gasteiger partial charge >= 0.3 is 0 Å². The van der Waals surface area contributed by atoms with E-state index in [0.29, 0.717) is 39.0 Å². The zero-order valence-electron chi connectivity index (χ0n) is 19.1. The second kappa shape index (κ2) is 9.61. The van der Waals surface area contributed by atoms with Gasteiger partial charge in [0.2, 0.25) is 5.91 Å². The van der Waals surface area contributed by atoms with E-state index < -0.39 is 5.54 Å². The second-order valence-corrected chi connectivity index (χ2v) is 9.39. The van der Waals surface area contributed by atoms with Gasteiger partial charge in [-0.15, -0.1) is 0 Å². The molecule has 1 aromatic heterocycles. The van der Waals surface area contributed by atoms with E-state index in [1.165, 1.54) is 5.56 Å². The van der Waals surface area contributed by atoms with Crippen LogP contribution in [0.4, 0.5) is 0 Å². The lowest BCUT2D eigenvalue weighted by atomic mass is 9.84. The number of hydrogen-bond acceptors (Lipinski definition) is 5. The summed E-state index contributed by atoms with van der Waals surface area (Å²) in [5.41, 5.74) is 2.67. The maximum atomic E-state index is 13.4. The molecule has 33 heavy (non-hydrogen) atoms. The van der Waals surface area contributed by atoms with Crippen molar-refractivity contribution in [1.29, 1.82) is 0 Å². The number of benzene rings is 1. The summed E-state index contributed by atoms with van der Waals surface area (Å²) in [7, 11) is 0. The molecule has 174 valence electrons. The zero-order valence-corrected chi connectivity index (χ0v) is 19.1. The first-order valence-electron chi connectivity index (χ1n) is 12.0. The third-order valence-corrected chi connectivity index (χ3v) is 7.49. The van der Waals surface area contributed by atoms with Gasteiger partial charge in [-0.1, -0.05) is 18.2 Å². The largest absolute Gasteiger partial charge is 0.381 e. The summed E-state index contributed by atoms with van der Waals surface area (Å²) in [6, 6.07) is 11.9. The van der Waals surface area contributed by atoms with Crippen LogP contribution in [0.5, 0.6) is 0 Å². The van der Waals surface area contributed by atoms with Gasteiger partial charge in [0, 0.05) is 70.4 Å². The molecule has 4 heterocycles. The predicted octanol–water partition coefficient (Wildman–Crippen LogP) is 2.36. The molecule has 3 aliphatic heterocycles. The van der Waals surface area contributed by atoms with Crippen LogP contribution in [-0.2, 0) is 22.5 Å². The molecule has 3 aliphatic rings. The van der Waals surface area contributed by atoms with Crippen LogP contribution in [0.1, 0.15) is 40.7 Å². The molecule has 5 rings (SSSR count). The molecule has 2 saturated heterocycles. The van der Waals surface area contributed by atoms with Crippen LogP contribution in [0.25, 0.3) is 0 Å². The molecule has 0 spiro atoms. The number of aromatic nitrogens is 1. The lowest BCUT2D eigenvalue weighted by molar-refractivity contribution is -0.137. The minimum absolute atomic E-state index is 0.0567. The van der Waals surface area contributed by atoms with Gasteiger partial charge in [-0.3, -0.25) is 19.5 Å². The molecule has 0 bridgehead atoms. The molecule has 0 atom stereocenters. The molecule has 0 aliphatic carbocycles. The van der Waals surface area contributed by atoms with Gasteiger partial charge in [0.1, 0.15) is 0 Å². The molecule has 0 unspecified atom stereocenters. The van der Waals surface area contributed by atoms with Crippen molar-refractivity contribution in [2.45, 2.75) is 37.8 Å². The van der Waals surface area contributed by atoms with Gasteiger partial charge in [-0.25, -0.2) is 0 Å². The van der Waals surface area contributed by atoms with Crippen molar-refractivity contribution in [2.75, 3.05) is 45.9 Å². The van der Waals surface area contributed by atoms with E-state index >= 15 is 0 Å². The Kier molecular flexibility index (Phi) is 6.42. The van der Waals surface area contributed by atoms with Crippen molar-refractivity contribution in [1.82, 2.24) is 19.7 Å². The van der Waals surface area contributed by atoms with Gasteiger partial charge < -0.3 is 14.5 Å². The number of carbonyl (C=O) groups is 2. The van der Waals surface area contributed by atoms with Gasteiger partial charge in [-0.2, -0.15) is 0 Å². The number of rotatable bonds is 6. The van der Waals surface area contributed by atoms with Crippen molar-refractivity contribution >= 4 is 11.8 Å². The van der Waals surface area contributed by atoms with E-state index in [1.807, 2.05) is 46.5 Å². The fraction of sp³-hybridized carbons (Fsp3) is 0.500. The summed E-state index contributed by atoms with van der Waals surface area (Å²) in [4.78, 5) is 37.1. The number of amides is 2. The van der Waals surface area contributed by atoms with Crippen LogP contribution in [0.2, 0.25) is 0 Å². The number of carbonyl (C=O) groups excluding carboxylic acids is 2. The van der Waals surface area contributed by atoms with E-state index in [0.717, 1.165) is 50.3 Å². The van der Waals surface area contributed by atoms with Crippen molar-refractivity contribution in [3.8, 4) is 0 Å². The third kappa shape index (κ3) is 4.66. The average Bonchev–Trinajstić information content (AvgIpc) is 3.21. The summed E-state index contributed by atoms with van der Waals surface area (Å²) in [5.74, 6) is 0.218. The first-order valence-corrected chi connectivity index (χ1v) is 12.0. The molecule has 2 aromatic rings. The Hall–Kier alpha value is -2.77. The number of piperazine rings is 1. The highest BCUT2D eigenvalue weighted by Gasteiger charge is 2.46. The summed E-state index contributed by atoms with van der Waals surface area (Å²) >= 11 is 0. The lowest BCUT2D eigenvalue weighted by Gasteiger charge is -2.45. The Morgan fingerprint density at radius 2 is 1.73 bits per heavy atom. The Balaban J connectivity index is 1.20. The van der Waals surface area contributed by atoms with Gasteiger partial charge in [-0.05, 0) is 48.6 Å². The van der Waals surface area contributed by atoms with Crippen LogP contribution in [0.15, 0.2) is 48.8 Å². The fourth-order valence-corrected chi connectivity index (χ4v) is 5.38. The molecule has 1 aromatic carbocycles. The molecule has 0 radical (unpaired) electrons. The minimum atomic E-state index is -0.454. The number of hydrogen-bond donors (Lipinski definition) is 0. The van der Waals surface area contributed by atoms with Crippen LogP contribution in [0.3, 0.4) is 0 Å². The highest BCUT2D eigenvalue weighted by Crippen LogP contribution is 2.38. The highest BCUT2D eigenvalue weighted by molar-refractivity contribution is 5.99. The highest BCUT2D eigenvalue weighted by atomic mass is 16.5. The zero-order chi connectivity index (χ0) is 22.7. The summed E-state index contributed by atoms with van der Waals surface area (Å²) in [6.45, 7) is 6.04. The van der Waals surface area contributed by atoms with Gasteiger partial charge in [0.25, 0.3) is 5.91 Å². The summed E-state index contributed by atoms with van der Waals surface area (Å²) < 4.78 is 5.63. The van der Waals surface area contributed by atoms with Crippen LogP contribution >= 0.6 is 0 Å². The molecule has 0 saturated carbocycles. The molecule has 7 nitrogen and oxygen atoms in total. The topological polar surface area (TPSA) is 66.0 Å². The Labute approximate surface area is 195 Å². The molecular formula is C26H32N4O3. The van der Waals surface area contributed by atoms with Crippen molar-refractivity contribution < 1.29 is 14.3 Å². The molecule has 2 amide bonds. The SMILES string of the molecule is O=C(CC1(N2Cc3ccccc3C2=O)CCOCC1)N1CCN(CCc2ccncc2)CC1. The summed E-state index contributed by atoms with van der Waals surface area (Å²) in [6.07, 6.45) is 6.47. The van der Waals surface area contributed by atoms with E-state index in [1.54, 1.807) is 0 Å². The number of fused-ring (bicyclic) bond motifs is 1. The third-order valence-electron chi connectivity index (χ3n) is 7.49. The first kappa shape index (κ1) is 22.0. The Morgan fingerprint density at radius 3 is 2.45 bits per heavy atom. The number of pyridine rings is 1. The van der Waals surface area contributed by atoms with Crippen molar-refractivity contribution in [3.05, 3.63) is 65.5 Å². The fourth-order valence-electron chi connectivity index (χ4n) is 5.38.